The highest BCUT2D eigenvalue weighted by Crippen LogP contribution is 2.37. The first-order valence-corrected chi connectivity index (χ1v) is 14.2. The maximum absolute atomic E-state index is 12.3. The average molecular weight is 499 g/mol. The number of carbonyl (C=O) groups excluding carboxylic acids is 1. The lowest BCUT2D eigenvalue weighted by molar-refractivity contribution is 0.100. The zero-order chi connectivity index (χ0) is 24.6. The Balaban J connectivity index is 1.39. The normalized spacial score (nSPS) is 18.2. The molecule has 9 nitrogen and oxygen atoms in total. The predicted octanol–water partition coefficient (Wildman–Crippen LogP) is 2.80. The smallest absolute Gasteiger partial charge is 0.250 e. The fraction of sp³-hybridized carbons (Fsp3) is 0.520. The maximum Gasteiger partial charge on any atom is 0.250 e. The van der Waals surface area contributed by atoms with Crippen molar-refractivity contribution in [1.82, 2.24) is 24.4 Å². The minimum absolute atomic E-state index is 0.125. The van der Waals surface area contributed by atoms with Crippen molar-refractivity contribution < 1.29 is 13.2 Å². The lowest BCUT2D eigenvalue weighted by atomic mass is 9.88. The molecule has 2 aliphatic rings. The summed E-state index contributed by atoms with van der Waals surface area (Å²) in [6.45, 7) is 4.37. The molecule has 0 bridgehead atoms. The van der Waals surface area contributed by atoms with Gasteiger partial charge in [-0.05, 0) is 61.8 Å². The van der Waals surface area contributed by atoms with Crippen molar-refractivity contribution in [2.45, 2.75) is 57.5 Å². The van der Waals surface area contributed by atoms with E-state index in [4.69, 9.17) is 5.73 Å². The van der Waals surface area contributed by atoms with E-state index >= 15 is 0 Å². The molecule has 1 aromatic carbocycles. The lowest BCUT2D eigenvalue weighted by Gasteiger charge is -2.31. The summed E-state index contributed by atoms with van der Waals surface area (Å²) in [6.07, 6.45) is 11.1. The summed E-state index contributed by atoms with van der Waals surface area (Å²) in [5.74, 6) is -0.144. The van der Waals surface area contributed by atoms with Crippen LogP contribution in [0.15, 0.2) is 30.7 Å². The molecule has 35 heavy (non-hydrogen) atoms. The minimum atomic E-state index is -3.17. The summed E-state index contributed by atoms with van der Waals surface area (Å²) in [7, 11) is -3.17. The van der Waals surface area contributed by atoms with Crippen LogP contribution in [0, 0.1) is 0 Å². The van der Waals surface area contributed by atoms with Gasteiger partial charge in [0.25, 0.3) is 5.91 Å². The van der Waals surface area contributed by atoms with Crippen LogP contribution in [-0.2, 0) is 16.6 Å². The predicted molar refractivity (Wildman–Crippen MR) is 137 cm³/mol. The first-order valence-electron chi connectivity index (χ1n) is 12.5. The fourth-order valence-corrected chi connectivity index (χ4v) is 6.34. The molecular weight excluding hydrogens is 464 g/mol. The molecule has 0 spiro atoms. The topological polar surface area (TPSA) is 126 Å². The van der Waals surface area contributed by atoms with Gasteiger partial charge in [0, 0.05) is 49.0 Å². The molecule has 1 aliphatic heterocycles. The van der Waals surface area contributed by atoms with Gasteiger partial charge in [0.1, 0.15) is 0 Å². The second-order valence-electron chi connectivity index (χ2n) is 9.70. The maximum atomic E-state index is 12.3. The molecule has 3 heterocycles. The van der Waals surface area contributed by atoms with Crippen molar-refractivity contribution in [3.05, 3.63) is 41.9 Å². The Labute approximate surface area is 206 Å². The zero-order valence-corrected chi connectivity index (χ0v) is 21.0. The monoisotopic (exact) mass is 498 g/mol. The highest BCUT2D eigenvalue weighted by Gasteiger charge is 2.29. The number of benzene rings is 1. The Hall–Kier alpha value is -2.69. The van der Waals surface area contributed by atoms with E-state index in [1.807, 2.05) is 29.3 Å². The molecule has 10 heteroatoms. The minimum Gasteiger partial charge on any atom is -0.366 e. The van der Waals surface area contributed by atoms with Crippen LogP contribution in [0.4, 0.5) is 0 Å². The quantitative estimate of drug-likeness (QED) is 0.418. The van der Waals surface area contributed by atoms with Gasteiger partial charge in [-0.3, -0.25) is 9.48 Å². The number of hydrogen-bond donors (Lipinski definition) is 3. The van der Waals surface area contributed by atoms with Crippen molar-refractivity contribution in [3.63, 3.8) is 0 Å². The molecule has 5 rings (SSSR count). The van der Waals surface area contributed by atoms with E-state index < -0.39 is 15.9 Å². The van der Waals surface area contributed by atoms with Gasteiger partial charge in [-0.1, -0.05) is 6.42 Å². The Bertz CT molecular complexity index is 1320. The van der Waals surface area contributed by atoms with Crippen molar-refractivity contribution in [2.75, 3.05) is 25.4 Å². The number of amides is 1. The number of piperidine rings is 1. The SMILES string of the molecule is CCS(=O)(=O)N1CCC(c2c[nH]c3c(C(N)=O)cc(-c4cnn(CCNC5CCC5)c4)cc23)CC1. The third-order valence-electron chi connectivity index (χ3n) is 7.58. The van der Waals surface area contributed by atoms with Crippen molar-refractivity contribution >= 4 is 26.8 Å². The summed E-state index contributed by atoms with van der Waals surface area (Å²) < 4.78 is 28.0. The molecule has 188 valence electrons. The van der Waals surface area contributed by atoms with Gasteiger partial charge in [-0.2, -0.15) is 5.10 Å². The molecule has 2 aromatic heterocycles. The molecular formula is C25H34N6O3S. The number of carbonyl (C=O) groups is 1. The van der Waals surface area contributed by atoms with Crippen LogP contribution < -0.4 is 11.1 Å². The van der Waals surface area contributed by atoms with E-state index in [2.05, 4.69) is 21.5 Å². The van der Waals surface area contributed by atoms with E-state index in [9.17, 15) is 13.2 Å². The molecule has 1 saturated heterocycles. The molecule has 1 amide bonds. The summed E-state index contributed by atoms with van der Waals surface area (Å²) >= 11 is 0. The van der Waals surface area contributed by atoms with Crippen molar-refractivity contribution in [3.8, 4) is 11.1 Å². The molecule has 1 aliphatic carbocycles. The third-order valence-corrected chi connectivity index (χ3v) is 9.47. The van der Waals surface area contributed by atoms with Gasteiger partial charge in [0.2, 0.25) is 10.0 Å². The number of H-pyrrole nitrogens is 1. The number of sulfonamides is 1. The highest BCUT2D eigenvalue weighted by molar-refractivity contribution is 7.89. The Morgan fingerprint density at radius 2 is 1.97 bits per heavy atom. The summed E-state index contributed by atoms with van der Waals surface area (Å²) in [6, 6.07) is 4.57. The fourth-order valence-electron chi connectivity index (χ4n) is 5.21. The number of fused-ring (bicyclic) bond motifs is 1. The molecule has 1 saturated carbocycles. The van der Waals surface area contributed by atoms with Crippen LogP contribution in [-0.4, -0.2) is 64.8 Å². The Morgan fingerprint density at radius 1 is 1.20 bits per heavy atom. The molecule has 0 unspecified atom stereocenters. The van der Waals surface area contributed by atoms with Crippen LogP contribution >= 0.6 is 0 Å². The van der Waals surface area contributed by atoms with Crippen LogP contribution in [0.25, 0.3) is 22.0 Å². The summed E-state index contributed by atoms with van der Waals surface area (Å²) in [5, 5.41) is 9.04. The van der Waals surface area contributed by atoms with E-state index in [0.29, 0.717) is 24.7 Å². The average Bonchev–Trinajstić information content (AvgIpc) is 3.47. The van der Waals surface area contributed by atoms with E-state index in [0.717, 1.165) is 53.5 Å². The molecule has 4 N–H and O–H groups in total. The van der Waals surface area contributed by atoms with Gasteiger partial charge in [0.05, 0.1) is 29.6 Å². The van der Waals surface area contributed by atoms with Gasteiger partial charge in [-0.25, -0.2) is 12.7 Å². The van der Waals surface area contributed by atoms with Crippen LogP contribution in [0.5, 0.6) is 0 Å². The standard InChI is InChI=1S/C25H34N6O3S/c1-2-35(33,34)31-9-6-17(7-10-31)23-15-28-24-21(23)12-18(13-22(24)25(26)32)19-14-29-30(16-19)11-8-27-20-4-3-5-20/h12-17,20,27-28H,2-11H2,1H3,(H2,26,32). The number of rotatable bonds is 9. The number of aromatic nitrogens is 3. The number of primary amides is 1. The Kier molecular flexibility index (Phi) is 6.69. The molecule has 3 aromatic rings. The van der Waals surface area contributed by atoms with Crippen LogP contribution in [0.3, 0.4) is 0 Å². The second-order valence-corrected chi connectivity index (χ2v) is 12.0. The van der Waals surface area contributed by atoms with Crippen molar-refractivity contribution in [1.29, 1.82) is 0 Å². The number of hydrogen-bond acceptors (Lipinski definition) is 5. The van der Waals surface area contributed by atoms with Gasteiger partial charge >= 0.3 is 0 Å². The largest absolute Gasteiger partial charge is 0.366 e. The molecule has 0 radical (unpaired) electrons. The van der Waals surface area contributed by atoms with E-state index in [1.54, 1.807) is 11.2 Å². The second kappa shape index (κ2) is 9.75. The zero-order valence-electron chi connectivity index (χ0n) is 20.2. The first kappa shape index (κ1) is 24.0. The number of nitrogens with zero attached hydrogens (tertiary/aromatic N) is 3. The Morgan fingerprint density at radius 3 is 2.63 bits per heavy atom. The van der Waals surface area contributed by atoms with E-state index in [-0.39, 0.29) is 11.7 Å². The molecule has 0 atom stereocenters. The van der Waals surface area contributed by atoms with Gasteiger partial charge in [0.15, 0.2) is 0 Å². The number of aromatic amines is 1. The summed E-state index contributed by atoms with van der Waals surface area (Å²) in [4.78, 5) is 15.6. The first-order chi connectivity index (χ1) is 16.9. The highest BCUT2D eigenvalue weighted by atomic mass is 32.2. The third kappa shape index (κ3) is 4.87. The van der Waals surface area contributed by atoms with Crippen LogP contribution in [0.2, 0.25) is 0 Å². The van der Waals surface area contributed by atoms with E-state index in [1.165, 1.54) is 19.3 Å². The lowest BCUT2D eigenvalue weighted by Crippen LogP contribution is -2.38. The number of nitrogens with two attached hydrogens (primary N) is 1. The van der Waals surface area contributed by atoms with Gasteiger partial charge < -0.3 is 16.0 Å². The molecule has 2 fully saturated rings. The van der Waals surface area contributed by atoms with Crippen molar-refractivity contribution in [2.24, 2.45) is 5.73 Å². The summed E-state index contributed by atoms with van der Waals surface area (Å²) in [5.41, 5.74) is 9.88. The number of nitrogens with one attached hydrogen (secondary N) is 2. The van der Waals surface area contributed by atoms with Gasteiger partial charge in [-0.15, -0.1) is 0 Å². The van der Waals surface area contributed by atoms with Crippen LogP contribution in [0.1, 0.15) is 60.9 Å².